The van der Waals surface area contributed by atoms with Gasteiger partial charge in [-0.3, -0.25) is 9.59 Å². The highest BCUT2D eigenvalue weighted by atomic mass is 16.4. The molecule has 0 aromatic carbocycles. The van der Waals surface area contributed by atoms with Gasteiger partial charge in [-0.1, -0.05) is 19.8 Å². The Bertz CT molecular complexity index is 307. The van der Waals surface area contributed by atoms with Crippen molar-refractivity contribution in [1.29, 1.82) is 0 Å². The third kappa shape index (κ3) is 1.70. The third-order valence-corrected chi connectivity index (χ3v) is 4.20. The smallest absolute Gasteiger partial charge is 0.323 e. The lowest BCUT2D eigenvalue weighted by molar-refractivity contribution is -0.143. The van der Waals surface area contributed by atoms with Crippen LogP contribution in [-0.2, 0) is 9.59 Å². The quantitative estimate of drug-likeness (QED) is 0.794. The molecule has 1 saturated heterocycles. The van der Waals surface area contributed by atoms with Gasteiger partial charge in [0.25, 0.3) is 0 Å². The highest BCUT2D eigenvalue weighted by Gasteiger charge is 2.51. The van der Waals surface area contributed by atoms with Crippen LogP contribution in [0, 0.1) is 5.41 Å². The predicted molar refractivity (Wildman–Crippen MR) is 58.9 cm³/mol. The summed E-state index contributed by atoms with van der Waals surface area (Å²) in [7, 11) is 0. The molecule has 2 fully saturated rings. The first-order valence-corrected chi connectivity index (χ1v) is 6.10. The Morgan fingerprint density at radius 3 is 2.62 bits per heavy atom. The summed E-state index contributed by atoms with van der Waals surface area (Å²) in [5.41, 5.74) is 0.0985. The van der Waals surface area contributed by atoms with Crippen molar-refractivity contribution in [3.05, 3.63) is 0 Å². The Balaban J connectivity index is 2.20. The molecule has 1 atom stereocenters. The molecule has 0 aromatic heterocycles. The summed E-state index contributed by atoms with van der Waals surface area (Å²) in [6.07, 6.45) is 5.99. The zero-order valence-corrected chi connectivity index (χ0v) is 9.74. The zero-order valence-electron chi connectivity index (χ0n) is 9.74. The maximum atomic E-state index is 11.9. The SMILES string of the molecule is CCC1N(CC(=O)O)C(=O)CC12CCCC2. The van der Waals surface area contributed by atoms with Crippen molar-refractivity contribution < 1.29 is 14.7 Å². The maximum absolute atomic E-state index is 11.9. The largest absolute Gasteiger partial charge is 0.480 e. The van der Waals surface area contributed by atoms with E-state index < -0.39 is 5.97 Å². The normalized spacial score (nSPS) is 27.9. The summed E-state index contributed by atoms with van der Waals surface area (Å²) in [4.78, 5) is 24.3. The van der Waals surface area contributed by atoms with Gasteiger partial charge in [-0.15, -0.1) is 0 Å². The molecule has 0 bridgehead atoms. The number of amides is 1. The number of rotatable bonds is 3. The number of carboxylic acids is 1. The molecule has 1 unspecified atom stereocenters. The third-order valence-electron chi connectivity index (χ3n) is 4.20. The molecule has 1 heterocycles. The zero-order chi connectivity index (χ0) is 11.8. The summed E-state index contributed by atoms with van der Waals surface area (Å²) < 4.78 is 0. The van der Waals surface area contributed by atoms with Gasteiger partial charge in [0.05, 0.1) is 0 Å². The van der Waals surface area contributed by atoms with E-state index >= 15 is 0 Å². The lowest BCUT2D eigenvalue weighted by atomic mass is 9.77. The van der Waals surface area contributed by atoms with Gasteiger partial charge in [-0.25, -0.2) is 0 Å². The van der Waals surface area contributed by atoms with Gasteiger partial charge >= 0.3 is 5.97 Å². The Hall–Kier alpha value is -1.06. The van der Waals surface area contributed by atoms with Gasteiger partial charge in [0.1, 0.15) is 6.54 Å². The number of hydrogen-bond donors (Lipinski definition) is 1. The highest BCUT2D eigenvalue weighted by Crippen LogP contribution is 2.51. The lowest BCUT2D eigenvalue weighted by Gasteiger charge is -2.33. The van der Waals surface area contributed by atoms with Crippen molar-refractivity contribution in [2.75, 3.05) is 6.54 Å². The molecular formula is C12H19NO3. The van der Waals surface area contributed by atoms with Crippen LogP contribution in [0.2, 0.25) is 0 Å². The number of carboxylic acid groups (broad SMARTS) is 1. The van der Waals surface area contributed by atoms with Crippen LogP contribution in [0.1, 0.15) is 45.4 Å². The van der Waals surface area contributed by atoms with Crippen LogP contribution in [0.15, 0.2) is 0 Å². The number of hydrogen-bond acceptors (Lipinski definition) is 2. The van der Waals surface area contributed by atoms with Crippen LogP contribution >= 0.6 is 0 Å². The summed E-state index contributed by atoms with van der Waals surface area (Å²) in [6, 6.07) is 0.151. The Labute approximate surface area is 95.6 Å². The summed E-state index contributed by atoms with van der Waals surface area (Å²) in [5.74, 6) is -0.863. The average molecular weight is 225 g/mol. The molecule has 0 radical (unpaired) electrons. The highest BCUT2D eigenvalue weighted by molar-refractivity contribution is 5.84. The fourth-order valence-electron chi connectivity index (χ4n) is 3.61. The summed E-state index contributed by atoms with van der Waals surface area (Å²) in [5, 5.41) is 8.84. The molecule has 2 aliphatic rings. The summed E-state index contributed by atoms with van der Waals surface area (Å²) >= 11 is 0. The second-order valence-corrected chi connectivity index (χ2v) is 5.09. The van der Waals surface area contributed by atoms with Crippen LogP contribution in [0.25, 0.3) is 0 Å². The molecule has 16 heavy (non-hydrogen) atoms. The maximum Gasteiger partial charge on any atom is 0.323 e. The summed E-state index contributed by atoms with van der Waals surface area (Å²) in [6.45, 7) is 1.93. The van der Waals surface area contributed by atoms with Crippen molar-refractivity contribution in [3.63, 3.8) is 0 Å². The number of aliphatic carboxylic acids is 1. The van der Waals surface area contributed by atoms with E-state index in [0.29, 0.717) is 6.42 Å². The van der Waals surface area contributed by atoms with Gasteiger partial charge in [-0.05, 0) is 24.7 Å². The first-order valence-electron chi connectivity index (χ1n) is 6.10. The standard InChI is InChI=1S/C12H19NO3/c1-2-9-12(5-3-4-6-12)7-10(14)13(9)8-11(15)16/h9H,2-8H2,1H3,(H,15,16). The second kappa shape index (κ2) is 4.07. The second-order valence-electron chi connectivity index (χ2n) is 5.09. The van der Waals surface area contributed by atoms with Crippen LogP contribution in [0.4, 0.5) is 0 Å². The van der Waals surface area contributed by atoms with E-state index in [-0.39, 0.29) is 23.9 Å². The van der Waals surface area contributed by atoms with E-state index in [1.54, 1.807) is 4.90 Å². The minimum Gasteiger partial charge on any atom is -0.480 e. The fourth-order valence-corrected chi connectivity index (χ4v) is 3.61. The topological polar surface area (TPSA) is 57.6 Å². The van der Waals surface area contributed by atoms with Crippen molar-refractivity contribution >= 4 is 11.9 Å². The molecule has 4 heteroatoms. The minimum atomic E-state index is -0.901. The fraction of sp³-hybridized carbons (Fsp3) is 0.833. The van der Waals surface area contributed by atoms with Crippen molar-refractivity contribution in [2.24, 2.45) is 5.41 Å². The molecule has 1 saturated carbocycles. The number of likely N-dealkylation sites (tertiary alicyclic amines) is 1. The average Bonchev–Trinajstić information content (AvgIpc) is 2.74. The molecular weight excluding hydrogens is 206 g/mol. The van der Waals surface area contributed by atoms with Gasteiger partial charge in [0.2, 0.25) is 5.91 Å². The van der Waals surface area contributed by atoms with Gasteiger partial charge in [0.15, 0.2) is 0 Å². The van der Waals surface area contributed by atoms with E-state index in [1.165, 1.54) is 12.8 Å². The molecule has 1 amide bonds. The number of nitrogens with zero attached hydrogens (tertiary/aromatic N) is 1. The van der Waals surface area contributed by atoms with Gasteiger partial charge in [0, 0.05) is 12.5 Å². The molecule has 1 spiro atoms. The molecule has 90 valence electrons. The molecule has 0 aromatic rings. The van der Waals surface area contributed by atoms with Crippen LogP contribution in [-0.4, -0.2) is 34.5 Å². The lowest BCUT2D eigenvalue weighted by Crippen LogP contribution is -2.41. The molecule has 1 aliphatic heterocycles. The van der Waals surface area contributed by atoms with Crippen LogP contribution in [0.5, 0.6) is 0 Å². The van der Waals surface area contributed by atoms with Crippen molar-refractivity contribution in [3.8, 4) is 0 Å². The molecule has 1 aliphatic carbocycles. The molecule has 2 rings (SSSR count). The Morgan fingerprint density at radius 2 is 2.12 bits per heavy atom. The number of carbonyl (C=O) groups is 2. The molecule has 4 nitrogen and oxygen atoms in total. The first kappa shape index (κ1) is 11.4. The van der Waals surface area contributed by atoms with Gasteiger partial charge < -0.3 is 10.0 Å². The van der Waals surface area contributed by atoms with E-state index in [0.717, 1.165) is 19.3 Å². The Kier molecular flexibility index (Phi) is 2.91. The molecule has 1 N–H and O–H groups in total. The van der Waals surface area contributed by atoms with E-state index in [1.807, 2.05) is 0 Å². The van der Waals surface area contributed by atoms with Crippen molar-refractivity contribution in [1.82, 2.24) is 4.90 Å². The monoisotopic (exact) mass is 225 g/mol. The van der Waals surface area contributed by atoms with Crippen LogP contribution in [0.3, 0.4) is 0 Å². The van der Waals surface area contributed by atoms with E-state index in [9.17, 15) is 9.59 Å². The van der Waals surface area contributed by atoms with Crippen molar-refractivity contribution in [2.45, 2.75) is 51.5 Å². The first-order chi connectivity index (χ1) is 7.59. The van der Waals surface area contributed by atoms with Crippen LogP contribution < -0.4 is 0 Å². The van der Waals surface area contributed by atoms with E-state index in [2.05, 4.69) is 6.92 Å². The number of carbonyl (C=O) groups excluding carboxylic acids is 1. The Morgan fingerprint density at radius 1 is 1.50 bits per heavy atom. The predicted octanol–water partition coefficient (Wildman–Crippen LogP) is 1.64. The van der Waals surface area contributed by atoms with E-state index in [4.69, 9.17) is 5.11 Å². The van der Waals surface area contributed by atoms with Gasteiger partial charge in [-0.2, -0.15) is 0 Å². The minimum absolute atomic E-state index is 0.0381.